The highest BCUT2D eigenvalue weighted by molar-refractivity contribution is 5.95. The van der Waals surface area contributed by atoms with Gasteiger partial charge in [-0.05, 0) is 69.1 Å². The number of carbonyl (C=O) groups excluding carboxylic acids is 2. The Hall–Kier alpha value is -2.12. The third-order valence-corrected chi connectivity index (χ3v) is 7.41. The number of benzene rings is 1. The van der Waals surface area contributed by atoms with Crippen LogP contribution in [0.3, 0.4) is 0 Å². The van der Waals surface area contributed by atoms with Crippen LogP contribution in [0, 0.1) is 0 Å². The summed E-state index contributed by atoms with van der Waals surface area (Å²) in [5.74, 6) is 0.0506. The van der Waals surface area contributed by atoms with Crippen molar-refractivity contribution in [2.75, 3.05) is 14.1 Å². The molecule has 0 aromatic heterocycles. The summed E-state index contributed by atoms with van der Waals surface area (Å²) in [5.41, 5.74) is 1.65. The van der Waals surface area contributed by atoms with E-state index in [1.807, 2.05) is 36.2 Å². The minimum absolute atomic E-state index is 0.0232. The smallest absolute Gasteiger partial charge is 0.320 e. The molecule has 3 aliphatic rings. The zero-order chi connectivity index (χ0) is 22.1. The van der Waals surface area contributed by atoms with Crippen LogP contribution in [0.2, 0.25) is 0 Å². The van der Waals surface area contributed by atoms with Gasteiger partial charge in [-0.3, -0.25) is 4.79 Å². The van der Waals surface area contributed by atoms with Gasteiger partial charge in [0, 0.05) is 44.3 Å². The Bertz CT molecular complexity index is 777. The lowest BCUT2D eigenvalue weighted by Crippen LogP contribution is -2.48. The molecule has 2 aliphatic heterocycles. The van der Waals surface area contributed by atoms with Gasteiger partial charge in [0.25, 0.3) is 5.91 Å². The Labute approximate surface area is 184 Å². The quantitative estimate of drug-likeness (QED) is 0.771. The molecule has 2 saturated heterocycles. The third-order valence-electron chi connectivity index (χ3n) is 7.41. The predicted octanol–water partition coefficient (Wildman–Crippen LogP) is 2.60. The normalized spacial score (nSPS) is 30.2. The zero-order valence-electron chi connectivity index (χ0n) is 18.6. The molecule has 2 atom stereocenters. The van der Waals surface area contributed by atoms with Crippen molar-refractivity contribution in [3.8, 4) is 0 Å². The van der Waals surface area contributed by atoms with Crippen molar-refractivity contribution in [1.82, 2.24) is 14.7 Å². The first-order chi connectivity index (χ1) is 14.8. The Kier molecular flexibility index (Phi) is 6.53. The fourth-order valence-corrected chi connectivity index (χ4v) is 5.59. The van der Waals surface area contributed by atoms with Gasteiger partial charge in [-0.15, -0.1) is 0 Å². The van der Waals surface area contributed by atoms with Crippen LogP contribution in [0.1, 0.15) is 67.3 Å². The van der Waals surface area contributed by atoms with E-state index in [9.17, 15) is 19.8 Å². The molecule has 1 aliphatic carbocycles. The molecule has 1 aromatic rings. The van der Waals surface area contributed by atoms with E-state index in [0.29, 0.717) is 24.9 Å². The summed E-state index contributed by atoms with van der Waals surface area (Å²) in [5, 5.41) is 19.7. The Morgan fingerprint density at radius 2 is 1.48 bits per heavy atom. The second-order valence-electron chi connectivity index (χ2n) is 9.63. The van der Waals surface area contributed by atoms with Gasteiger partial charge in [0.15, 0.2) is 0 Å². The topological polar surface area (TPSA) is 84.3 Å². The fourth-order valence-electron chi connectivity index (χ4n) is 5.59. The number of rotatable bonds is 4. The number of urea groups is 1. The van der Waals surface area contributed by atoms with Gasteiger partial charge < -0.3 is 24.9 Å². The third kappa shape index (κ3) is 4.72. The number of nitrogens with zero attached hydrogens (tertiary/aromatic N) is 3. The van der Waals surface area contributed by atoms with E-state index in [2.05, 4.69) is 0 Å². The summed E-state index contributed by atoms with van der Waals surface area (Å²) in [7, 11) is 3.64. The monoisotopic (exact) mass is 429 g/mol. The number of carbonyl (C=O) groups is 2. The SMILES string of the molecule is CN(Cc1ccc(C(=O)N2C3CCC2CC(O)C3)cc1)C(=O)N(C)C1CCC(O)CC1. The molecule has 4 rings (SSSR count). The van der Waals surface area contributed by atoms with Crippen LogP contribution in [0.15, 0.2) is 24.3 Å². The maximum atomic E-state index is 13.1. The van der Waals surface area contributed by atoms with E-state index >= 15 is 0 Å². The average molecular weight is 430 g/mol. The van der Waals surface area contributed by atoms with Gasteiger partial charge in [0.05, 0.1) is 12.2 Å². The van der Waals surface area contributed by atoms with E-state index < -0.39 is 0 Å². The molecule has 0 spiro atoms. The maximum Gasteiger partial charge on any atom is 0.320 e. The Balaban J connectivity index is 1.34. The first-order valence-corrected chi connectivity index (χ1v) is 11.6. The van der Waals surface area contributed by atoms with E-state index in [0.717, 1.165) is 44.1 Å². The second-order valence-corrected chi connectivity index (χ2v) is 9.63. The van der Waals surface area contributed by atoms with Gasteiger partial charge in [0.1, 0.15) is 0 Å². The van der Waals surface area contributed by atoms with E-state index in [1.54, 1.807) is 16.8 Å². The van der Waals surface area contributed by atoms with Crippen LogP contribution >= 0.6 is 0 Å². The first-order valence-electron chi connectivity index (χ1n) is 11.6. The van der Waals surface area contributed by atoms with Crippen molar-refractivity contribution >= 4 is 11.9 Å². The van der Waals surface area contributed by atoms with E-state index in [-0.39, 0.29) is 42.3 Å². The first kappa shape index (κ1) is 22.1. The van der Waals surface area contributed by atoms with Gasteiger partial charge in [-0.1, -0.05) is 12.1 Å². The van der Waals surface area contributed by atoms with Gasteiger partial charge in [0.2, 0.25) is 0 Å². The van der Waals surface area contributed by atoms with Crippen molar-refractivity contribution in [3.05, 3.63) is 35.4 Å². The van der Waals surface area contributed by atoms with Crippen molar-refractivity contribution in [2.45, 2.75) is 88.2 Å². The molecule has 2 bridgehead atoms. The summed E-state index contributed by atoms with van der Waals surface area (Å²) < 4.78 is 0. The standard InChI is InChI=1S/C24H35N3O4/c1-25(24(31)26(2)18-9-11-21(28)12-10-18)15-16-3-5-17(6-4-16)23(30)27-19-7-8-20(27)14-22(29)13-19/h3-6,18-22,28-29H,7-15H2,1-2H3. The summed E-state index contributed by atoms with van der Waals surface area (Å²) in [6.07, 6.45) is 5.97. The number of hydrogen-bond donors (Lipinski definition) is 2. The number of piperidine rings is 1. The molecule has 1 saturated carbocycles. The number of aliphatic hydroxyl groups excluding tert-OH is 2. The van der Waals surface area contributed by atoms with Crippen molar-refractivity contribution in [2.24, 2.45) is 0 Å². The molecule has 3 fully saturated rings. The van der Waals surface area contributed by atoms with Crippen LogP contribution in [0.4, 0.5) is 4.79 Å². The lowest BCUT2D eigenvalue weighted by atomic mass is 9.92. The molecule has 31 heavy (non-hydrogen) atoms. The molecular weight excluding hydrogens is 394 g/mol. The minimum atomic E-state index is -0.284. The Morgan fingerprint density at radius 1 is 0.903 bits per heavy atom. The highest BCUT2D eigenvalue weighted by Crippen LogP contribution is 2.36. The highest BCUT2D eigenvalue weighted by Gasteiger charge is 2.42. The van der Waals surface area contributed by atoms with E-state index in [4.69, 9.17) is 0 Å². The number of fused-ring (bicyclic) bond motifs is 2. The molecule has 2 N–H and O–H groups in total. The van der Waals surface area contributed by atoms with Crippen molar-refractivity contribution < 1.29 is 19.8 Å². The fraction of sp³-hybridized carbons (Fsp3) is 0.667. The number of aliphatic hydroxyl groups is 2. The molecule has 1 aromatic carbocycles. The second kappa shape index (κ2) is 9.17. The minimum Gasteiger partial charge on any atom is -0.393 e. The Morgan fingerprint density at radius 3 is 2.06 bits per heavy atom. The molecule has 170 valence electrons. The molecular formula is C24H35N3O4. The van der Waals surface area contributed by atoms with Crippen LogP contribution in [0.5, 0.6) is 0 Å². The molecule has 7 nitrogen and oxygen atoms in total. The van der Waals surface area contributed by atoms with Gasteiger partial charge in [-0.2, -0.15) is 0 Å². The van der Waals surface area contributed by atoms with E-state index in [1.165, 1.54) is 0 Å². The van der Waals surface area contributed by atoms with Gasteiger partial charge in [-0.25, -0.2) is 4.79 Å². The van der Waals surface area contributed by atoms with Crippen molar-refractivity contribution in [3.63, 3.8) is 0 Å². The van der Waals surface area contributed by atoms with Crippen molar-refractivity contribution in [1.29, 1.82) is 0 Å². The summed E-state index contributed by atoms with van der Waals surface area (Å²) in [6, 6.07) is 8.02. The van der Waals surface area contributed by atoms with Crippen LogP contribution in [0.25, 0.3) is 0 Å². The van der Waals surface area contributed by atoms with Crippen LogP contribution < -0.4 is 0 Å². The predicted molar refractivity (Wildman–Crippen MR) is 118 cm³/mol. The summed E-state index contributed by atoms with van der Waals surface area (Å²) >= 11 is 0. The lowest BCUT2D eigenvalue weighted by Gasteiger charge is -2.37. The van der Waals surface area contributed by atoms with Crippen LogP contribution in [-0.4, -0.2) is 81.3 Å². The molecule has 7 heteroatoms. The average Bonchev–Trinajstić information content (AvgIpc) is 3.04. The number of hydrogen-bond acceptors (Lipinski definition) is 4. The molecule has 2 unspecified atom stereocenters. The largest absolute Gasteiger partial charge is 0.393 e. The summed E-state index contributed by atoms with van der Waals surface area (Å²) in [4.78, 5) is 31.4. The number of amides is 3. The molecule has 0 radical (unpaired) electrons. The van der Waals surface area contributed by atoms with Gasteiger partial charge >= 0.3 is 6.03 Å². The molecule has 2 heterocycles. The maximum absolute atomic E-state index is 13.1. The lowest BCUT2D eigenvalue weighted by molar-refractivity contribution is 0.0287. The van der Waals surface area contributed by atoms with Crippen LogP contribution in [-0.2, 0) is 6.54 Å². The highest BCUT2D eigenvalue weighted by atomic mass is 16.3. The zero-order valence-corrected chi connectivity index (χ0v) is 18.6. The molecule has 3 amide bonds. The summed E-state index contributed by atoms with van der Waals surface area (Å²) in [6.45, 7) is 0.480.